The first-order chi connectivity index (χ1) is 11.0. The number of carbonyl (C=O) groups excluding carboxylic acids is 2. The first-order valence-corrected chi connectivity index (χ1v) is 9.63. The van der Waals surface area contributed by atoms with Crippen molar-refractivity contribution in [3.05, 3.63) is 0 Å². The molecule has 0 radical (unpaired) electrons. The second kappa shape index (κ2) is 6.82. The van der Waals surface area contributed by atoms with Crippen LogP contribution in [0.5, 0.6) is 0 Å². The highest BCUT2D eigenvalue weighted by atomic mass is 16.2. The lowest BCUT2D eigenvalue weighted by Crippen LogP contribution is -2.44. The van der Waals surface area contributed by atoms with Crippen molar-refractivity contribution in [2.75, 3.05) is 6.54 Å². The van der Waals surface area contributed by atoms with Crippen LogP contribution in [0.15, 0.2) is 0 Å². The molecule has 3 fully saturated rings. The molecule has 4 nitrogen and oxygen atoms in total. The third-order valence-corrected chi connectivity index (χ3v) is 6.72. The Balaban J connectivity index is 1.53. The summed E-state index contributed by atoms with van der Waals surface area (Å²) in [6, 6.07) is 0.554. The van der Waals surface area contributed by atoms with E-state index < -0.39 is 0 Å². The fraction of sp³-hybridized carbons (Fsp3) is 0.895. The summed E-state index contributed by atoms with van der Waals surface area (Å²) in [5.41, 5.74) is 0. The molecule has 1 heterocycles. The first kappa shape index (κ1) is 16.8. The highest BCUT2D eigenvalue weighted by Gasteiger charge is 2.43. The van der Waals surface area contributed by atoms with Crippen molar-refractivity contribution in [2.24, 2.45) is 23.7 Å². The molecule has 0 spiro atoms. The van der Waals surface area contributed by atoms with Gasteiger partial charge < -0.3 is 10.2 Å². The number of nitrogens with one attached hydrogen (secondary N) is 1. The predicted molar refractivity (Wildman–Crippen MR) is 90.7 cm³/mol. The van der Waals surface area contributed by atoms with Crippen LogP contribution in [0.25, 0.3) is 0 Å². The van der Waals surface area contributed by atoms with Crippen molar-refractivity contribution in [1.29, 1.82) is 0 Å². The lowest BCUT2D eigenvalue weighted by molar-refractivity contribution is -0.130. The molecule has 23 heavy (non-hydrogen) atoms. The quantitative estimate of drug-likeness (QED) is 0.818. The number of fused-ring (bicyclic) bond motifs is 2. The van der Waals surface area contributed by atoms with Gasteiger partial charge in [0.1, 0.15) is 0 Å². The van der Waals surface area contributed by atoms with E-state index in [1.807, 2.05) is 4.90 Å². The third-order valence-electron chi connectivity index (χ3n) is 6.72. The summed E-state index contributed by atoms with van der Waals surface area (Å²) in [5, 5.41) is 3.25. The third kappa shape index (κ3) is 3.27. The highest BCUT2D eigenvalue weighted by molar-refractivity contribution is 5.89. The molecule has 0 aromatic rings. The number of likely N-dealkylation sites (tertiary alicyclic amines) is 1. The summed E-state index contributed by atoms with van der Waals surface area (Å²) in [4.78, 5) is 26.8. The number of carbonyl (C=O) groups is 2. The van der Waals surface area contributed by atoms with Gasteiger partial charge in [0.05, 0.1) is 5.92 Å². The van der Waals surface area contributed by atoms with Crippen molar-refractivity contribution >= 4 is 11.8 Å². The van der Waals surface area contributed by atoms with Crippen LogP contribution in [-0.4, -0.2) is 35.3 Å². The van der Waals surface area contributed by atoms with Gasteiger partial charge in [-0.25, -0.2) is 0 Å². The molecule has 130 valence electrons. The van der Waals surface area contributed by atoms with Crippen LogP contribution in [0.2, 0.25) is 0 Å². The molecular weight excluding hydrogens is 288 g/mol. The van der Waals surface area contributed by atoms with Gasteiger partial charge in [-0.05, 0) is 56.8 Å². The fourth-order valence-corrected chi connectivity index (χ4v) is 5.35. The van der Waals surface area contributed by atoms with Gasteiger partial charge in [-0.1, -0.05) is 20.3 Å². The zero-order chi connectivity index (χ0) is 16.6. The summed E-state index contributed by atoms with van der Waals surface area (Å²) >= 11 is 0. The Morgan fingerprint density at radius 3 is 2.57 bits per heavy atom. The minimum atomic E-state index is -0.149. The Morgan fingerprint density at radius 2 is 2.00 bits per heavy atom. The number of amides is 2. The summed E-state index contributed by atoms with van der Waals surface area (Å²) in [7, 11) is 0. The van der Waals surface area contributed by atoms with Gasteiger partial charge in [0, 0.05) is 25.0 Å². The van der Waals surface area contributed by atoms with E-state index >= 15 is 0 Å². The molecule has 2 amide bonds. The molecule has 2 aliphatic carbocycles. The van der Waals surface area contributed by atoms with Gasteiger partial charge in [0.15, 0.2) is 0 Å². The normalized spacial score (nSPS) is 34.4. The first-order valence-electron chi connectivity index (χ1n) is 9.63. The van der Waals surface area contributed by atoms with Gasteiger partial charge in [0.25, 0.3) is 0 Å². The lowest BCUT2D eigenvalue weighted by Gasteiger charge is -2.29. The summed E-state index contributed by atoms with van der Waals surface area (Å²) < 4.78 is 0. The van der Waals surface area contributed by atoms with Crippen LogP contribution in [0, 0.1) is 23.7 Å². The maximum Gasteiger partial charge on any atom is 0.225 e. The van der Waals surface area contributed by atoms with Gasteiger partial charge in [0.2, 0.25) is 11.8 Å². The van der Waals surface area contributed by atoms with E-state index in [4.69, 9.17) is 0 Å². The molecule has 4 heteroatoms. The topological polar surface area (TPSA) is 49.4 Å². The fourth-order valence-electron chi connectivity index (χ4n) is 5.35. The van der Waals surface area contributed by atoms with Crippen molar-refractivity contribution in [3.63, 3.8) is 0 Å². The molecule has 0 aromatic carbocycles. The molecule has 2 bridgehead atoms. The molecule has 3 rings (SSSR count). The minimum absolute atomic E-state index is 0.0991. The second-order valence-electron chi connectivity index (χ2n) is 8.05. The molecule has 3 aliphatic rings. The number of rotatable bonds is 6. The standard InChI is InChI=1S/C19H32N2O2/c1-4-16(5-2)21-11-15(10-18(21)22)19(23)20-12(3)17-9-13-6-7-14(17)8-13/h12-17H,4-11H2,1-3H3,(H,20,23). The van der Waals surface area contributed by atoms with Crippen molar-refractivity contribution < 1.29 is 9.59 Å². The predicted octanol–water partition coefficient (Wildman–Crippen LogP) is 2.96. The summed E-state index contributed by atoms with van der Waals surface area (Å²) in [5.74, 6) is 2.49. The van der Waals surface area contributed by atoms with Crippen LogP contribution in [-0.2, 0) is 9.59 Å². The van der Waals surface area contributed by atoms with E-state index in [1.54, 1.807) is 0 Å². The number of hydrogen-bond donors (Lipinski definition) is 1. The SMILES string of the molecule is CCC(CC)N1CC(C(=O)NC(C)C2CC3CCC2C3)CC1=O. The van der Waals surface area contributed by atoms with E-state index in [9.17, 15) is 9.59 Å². The Hall–Kier alpha value is -1.06. The molecule has 2 saturated carbocycles. The van der Waals surface area contributed by atoms with E-state index in [0.29, 0.717) is 24.9 Å². The average Bonchev–Trinajstić information content (AvgIpc) is 3.24. The molecular formula is C19H32N2O2. The Bertz CT molecular complexity index is 460. The molecule has 1 aliphatic heterocycles. The van der Waals surface area contributed by atoms with Gasteiger partial charge >= 0.3 is 0 Å². The van der Waals surface area contributed by atoms with Crippen LogP contribution in [0.4, 0.5) is 0 Å². The maximum atomic E-state index is 12.6. The molecule has 5 atom stereocenters. The van der Waals surface area contributed by atoms with E-state index in [2.05, 4.69) is 26.1 Å². The molecule has 1 N–H and O–H groups in total. The Morgan fingerprint density at radius 1 is 1.26 bits per heavy atom. The molecule has 5 unspecified atom stereocenters. The number of hydrogen-bond acceptors (Lipinski definition) is 2. The maximum absolute atomic E-state index is 12.6. The van der Waals surface area contributed by atoms with Crippen molar-refractivity contribution in [3.8, 4) is 0 Å². The zero-order valence-corrected chi connectivity index (χ0v) is 14.9. The van der Waals surface area contributed by atoms with Crippen LogP contribution in [0.1, 0.15) is 65.7 Å². The monoisotopic (exact) mass is 320 g/mol. The van der Waals surface area contributed by atoms with Crippen LogP contribution in [0.3, 0.4) is 0 Å². The lowest BCUT2D eigenvalue weighted by atomic mass is 9.84. The smallest absolute Gasteiger partial charge is 0.225 e. The average molecular weight is 320 g/mol. The zero-order valence-electron chi connectivity index (χ0n) is 14.9. The Labute approximate surface area is 140 Å². The van der Waals surface area contributed by atoms with Crippen LogP contribution >= 0.6 is 0 Å². The molecule has 0 aromatic heterocycles. The van der Waals surface area contributed by atoms with E-state index in [-0.39, 0.29) is 23.8 Å². The van der Waals surface area contributed by atoms with Gasteiger partial charge in [-0.2, -0.15) is 0 Å². The van der Waals surface area contributed by atoms with Crippen LogP contribution < -0.4 is 5.32 Å². The molecule has 1 saturated heterocycles. The second-order valence-corrected chi connectivity index (χ2v) is 8.05. The van der Waals surface area contributed by atoms with E-state index in [1.165, 1.54) is 25.7 Å². The summed E-state index contributed by atoms with van der Waals surface area (Å²) in [6.07, 6.45) is 7.73. The minimum Gasteiger partial charge on any atom is -0.353 e. The van der Waals surface area contributed by atoms with Crippen molar-refractivity contribution in [1.82, 2.24) is 10.2 Å². The number of nitrogens with zero attached hydrogens (tertiary/aromatic N) is 1. The van der Waals surface area contributed by atoms with Gasteiger partial charge in [-0.15, -0.1) is 0 Å². The van der Waals surface area contributed by atoms with E-state index in [0.717, 1.165) is 24.7 Å². The van der Waals surface area contributed by atoms with Crippen molar-refractivity contribution in [2.45, 2.75) is 77.8 Å². The Kier molecular flexibility index (Phi) is 4.98. The van der Waals surface area contributed by atoms with Gasteiger partial charge in [-0.3, -0.25) is 9.59 Å². The summed E-state index contributed by atoms with van der Waals surface area (Å²) in [6.45, 7) is 7.01. The highest BCUT2D eigenvalue weighted by Crippen LogP contribution is 2.49. The largest absolute Gasteiger partial charge is 0.353 e.